The first-order valence-electron chi connectivity index (χ1n) is 10.6. The molecule has 0 saturated carbocycles. The van der Waals surface area contributed by atoms with E-state index in [9.17, 15) is 22.9 Å². The maximum atomic E-state index is 13.4. The van der Waals surface area contributed by atoms with Gasteiger partial charge in [-0.15, -0.1) is 5.11 Å². The molecule has 0 fully saturated rings. The van der Waals surface area contributed by atoms with Crippen LogP contribution >= 0.6 is 23.2 Å². The van der Waals surface area contributed by atoms with Gasteiger partial charge in [0.15, 0.2) is 0 Å². The predicted molar refractivity (Wildman–Crippen MR) is 140 cm³/mol. The number of benzene rings is 4. The third-order valence-corrected chi connectivity index (χ3v) is 7.37. The molecule has 0 aromatic heterocycles. The van der Waals surface area contributed by atoms with Gasteiger partial charge in [0, 0.05) is 10.9 Å². The minimum absolute atomic E-state index is 0. The fourth-order valence-corrected chi connectivity index (χ4v) is 4.88. The van der Waals surface area contributed by atoms with Gasteiger partial charge in [0.25, 0.3) is 16.0 Å². The van der Waals surface area contributed by atoms with Crippen LogP contribution in [0.5, 0.6) is 11.5 Å². The maximum Gasteiger partial charge on any atom is 1.00 e. The second kappa shape index (κ2) is 12.0. The van der Waals surface area contributed by atoms with Gasteiger partial charge >= 0.3 is 29.6 Å². The second-order valence-corrected chi connectivity index (χ2v) is 9.94. The summed E-state index contributed by atoms with van der Waals surface area (Å²) in [5.74, 6) is -1.06. The number of carbonyl (C=O) groups is 1. The minimum atomic E-state index is -4.49. The van der Waals surface area contributed by atoms with E-state index in [1.54, 1.807) is 42.5 Å². The molecule has 9 nitrogen and oxygen atoms in total. The van der Waals surface area contributed by atoms with E-state index in [1.165, 1.54) is 26.2 Å². The zero-order chi connectivity index (χ0) is 26.9. The van der Waals surface area contributed by atoms with E-state index >= 15 is 0 Å². The van der Waals surface area contributed by atoms with Gasteiger partial charge in [-0.3, -0.25) is 9.35 Å². The summed E-state index contributed by atoms with van der Waals surface area (Å²) in [5, 5.41) is 25.2. The molecule has 1 amide bonds. The van der Waals surface area contributed by atoms with Crippen LogP contribution < -0.4 is 44.7 Å². The Morgan fingerprint density at radius 3 is 2.42 bits per heavy atom. The van der Waals surface area contributed by atoms with Crippen LogP contribution in [0.1, 0.15) is 15.9 Å². The van der Waals surface area contributed by atoms with Crippen LogP contribution in [-0.2, 0) is 10.1 Å². The van der Waals surface area contributed by atoms with Crippen molar-refractivity contribution in [3.63, 3.8) is 0 Å². The van der Waals surface area contributed by atoms with Crippen molar-refractivity contribution in [2.45, 2.75) is 11.8 Å². The van der Waals surface area contributed by atoms with Gasteiger partial charge in [-0.1, -0.05) is 59.3 Å². The fourth-order valence-electron chi connectivity index (χ4n) is 3.65. The SMILES string of the molecule is COc1cccc(NC(=O)c2cc3ccccc3c(N=Nc3ccc(S(=O)(=O)O)c(C)c3Cl)c2[O-])c1Cl.[Na+]. The van der Waals surface area contributed by atoms with Gasteiger partial charge in [-0.2, -0.15) is 13.5 Å². The number of amides is 1. The fraction of sp³-hybridized carbons (Fsp3) is 0.0800. The van der Waals surface area contributed by atoms with E-state index in [0.29, 0.717) is 16.5 Å². The zero-order valence-electron chi connectivity index (χ0n) is 20.3. The van der Waals surface area contributed by atoms with Crippen molar-refractivity contribution < 1.29 is 57.2 Å². The number of halogens is 2. The number of hydrogen-bond donors (Lipinski definition) is 2. The first-order valence-corrected chi connectivity index (χ1v) is 12.8. The third kappa shape index (κ3) is 5.97. The molecule has 0 bridgehead atoms. The Kier molecular flexibility index (Phi) is 9.43. The summed E-state index contributed by atoms with van der Waals surface area (Å²) in [6.07, 6.45) is 0. The van der Waals surface area contributed by atoms with Crippen LogP contribution in [0.2, 0.25) is 10.0 Å². The Morgan fingerprint density at radius 1 is 1.03 bits per heavy atom. The molecule has 4 rings (SSSR count). The van der Waals surface area contributed by atoms with E-state index in [1.807, 2.05) is 0 Å². The number of carbonyl (C=O) groups excluding carboxylic acids is 1. The molecule has 38 heavy (non-hydrogen) atoms. The van der Waals surface area contributed by atoms with E-state index in [2.05, 4.69) is 15.5 Å². The minimum Gasteiger partial charge on any atom is -0.870 e. The first-order chi connectivity index (χ1) is 17.5. The van der Waals surface area contributed by atoms with E-state index in [0.717, 1.165) is 6.07 Å². The third-order valence-electron chi connectivity index (χ3n) is 5.50. The Balaban J connectivity index is 0.00000400. The Bertz CT molecular complexity index is 1700. The summed E-state index contributed by atoms with van der Waals surface area (Å²) in [4.78, 5) is 12.7. The number of azo groups is 1. The summed E-state index contributed by atoms with van der Waals surface area (Å²) < 4.78 is 37.6. The van der Waals surface area contributed by atoms with Crippen molar-refractivity contribution in [2.75, 3.05) is 12.4 Å². The number of anilines is 1. The molecule has 0 heterocycles. The topological polar surface area (TPSA) is 140 Å². The molecule has 190 valence electrons. The summed E-state index contributed by atoms with van der Waals surface area (Å²) in [6, 6.07) is 15.4. The molecule has 4 aromatic carbocycles. The van der Waals surface area contributed by atoms with Gasteiger partial charge in [-0.05, 0) is 48.2 Å². The normalized spacial score (nSPS) is 11.4. The van der Waals surface area contributed by atoms with E-state index < -0.39 is 21.8 Å². The summed E-state index contributed by atoms with van der Waals surface area (Å²) in [6.45, 7) is 1.40. The second-order valence-electron chi connectivity index (χ2n) is 7.80. The molecular formula is C25H18Cl2N3NaO6S. The van der Waals surface area contributed by atoms with Crippen LogP contribution in [0, 0.1) is 6.92 Å². The predicted octanol–water partition coefficient (Wildman–Crippen LogP) is 3.46. The van der Waals surface area contributed by atoms with Crippen molar-refractivity contribution in [3.8, 4) is 11.5 Å². The van der Waals surface area contributed by atoms with Crippen molar-refractivity contribution in [1.29, 1.82) is 0 Å². The standard InChI is InChI=1S/C25H19Cl2N3O6S.Na/c1-13-20(37(33,34)35)11-10-18(21(13)26)29-30-23-15-7-4-3-6-14(15)12-16(24(23)31)25(32)28-17-8-5-9-19(36-2)22(17)27;/h3-12,31H,1-2H3,(H,28,32)(H,33,34,35);/q;+1/p-1. The average Bonchev–Trinajstić information content (AvgIpc) is 2.86. The monoisotopic (exact) mass is 581 g/mol. The average molecular weight is 582 g/mol. The number of methoxy groups -OCH3 is 1. The molecule has 2 N–H and O–H groups in total. The number of hydrogen-bond acceptors (Lipinski definition) is 7. The quantitative estimate of drug-likeness (QED) is 0.203. The van der Waals surface area contributed by atoms with Crippen LogP contribution in [0.15, 0.2) is 75.8 Å². The molecular weight excluding hydrogens is 564 g/mol. The summed E-state index contributed by atoms with van der Waals surface area (Å²) >= 11 is 12.5. The Morgan fingerprint density at radius 2 is 1.74 bits per heavy atom. The Labute approximate surface area is 250 Å². The van der Waals surface area contributed by atoms with Gasteiger partial charge < -0.3 is 15.2 Å². The molecule has 0 spiro atoms. The van der Waals surface area contributed by atoms with Crippen molar-refractivity contribution >= 4 is 67.1 Å². The molecule has 0 atom stereocenters. The Hall–Kier alpha value is -2.70. The molecule has 4 aromatic rings. The van der Waals surface area contributed by atoms with Crippen LogP contribution in [0.25, 0.3) is 10.8 Å². The molecule has 0 saturated heterocycles. The molecule has 0 aliphatic rings. The molecule has 0 radical (unpaired) electrons. The van der Waals surface area contributed by atoms with Gasteiger partial charge in [0.1, 0.15) is 16.5 Å². The summed E-state index contributed by atoms with van der Waals surface area (Å²) in [7, 11) is -3.05. The zero-order valence-corrected chi connectivity index (χ0v) is 24.6. The number of nitrogens with zero attached hydrogens (tertiary/aromatic N) is 2. The van der Waals surface area contributed by atoms with E-state index in [4.69, 9.17) is 27.9 Å². The van der Waals surface area contributed by atoms with Crippen LogP contribution in [0.3, 0.4) is 0 Å². The number of ether oxygens (including phenoxy) is 1. The van der Waals surface area contributed by atoms with Crippen LogP contribution in [0.4, 0.5) is 17.1 Å². The van der Waals surface area contributed by atoms with Crippen molar-refractivity contribution in [2.24, 2.45) is 10.2 Å². The van der Waals surface area contributed by atoms with Gasteiger partial charge in [0.2, 0.25) is 0 Å². The van der Waals surface area contributed by atoms with Gasteiger partial charge in [-0.25, -0.2) is 0 Å². The molecule has 0 unspecified atom stereocenters. The van der Waals surface area contributed by atoms with E-state index in [-0.39, 0.29) is 72.7 Å². The molecule has 0 aliphatic carbocycles. The smallest absolute Gasteiger partial charge is 0.870 e. The number of fused-ring (bicyclic) bond motifs is 1. The molecule has 13 heteroatoms. The van der Waals surface area contributed by atoms with Gasteiger partial charge in [0.05, 0.1) is 28.4 Å². The maximum absolute atomic E-state index is 13.4. The summed E-state index contributed by atoms with van der Waals surface area (Å²) in [5.41, 5.74) is 0.0650. The first kappa shape index (κ1) is 29.9. The van der Waals surface area contributed by atoms with Crippen molar-refractivity contribution in [3.05, 3.63) is 81.8 Å². The van der Waals surface area contributed by atoms with Crippen LogP contribution in [-0.4, -0.2) is 26.0 Å². The number of rotatable bonds is 6. The molecule has 0 aliphatic heterocycles. The number of nitrogens with one attached hydrogen (secondary N) is 1. The largest absolute Gasteiger partial charge is 1.00 e. The van der Waals surface area contributed by atoms with Crippen molar-refractivity contribution in [1.82, 2.24) is 0 Å².